The van der Waals surface area contributed by atoms with Crippen molar-refractivity contribution in [1.82, 2.24) is 0 Å². The molecule has 0 aliphatic carbocycles. The molecule has 0 bridgehead atoms. The van der Waals surface area contributed by atoms with Crippen molar-refractivity contribution in [2.45, 2.75) is 12.8 Å². The van der Waals surface area contributed by atoms with Crippen molar-refractivity contribution in [3.05, 3.63) is 0 Å². The summed E-state index contributed by atoms with van der Waals surface area (Å²) in [4.78, 5) is 0. The molecular weight excluding hydrogens is 194 g/mol. The molecular formula is C7H17NO2S2. The van der Waals surface area contributed by atoms with Gasteiger partial charge in [-0.05, 0) is 30.9 Å². The van der Waals surface area contributed by atoms with Crippen LogP contribution in [0.25, 0.3) is 0 Å². The van der Waals surface area contributed by atoms with Crippen molar-refractivity contribution in [1.29, 1.82) is 0 Å². The van der Waals surface area contributed by atoms with Gasteiger partial charge in [0.15, 0.2) is 0 Å². The molecule has 0 radical (unpaired) electrons. The lowest BCUT2D eigenvalue weighted by atomic mass is 10.5. The Kier molecular flexibility index (Phi) is 6.89. The molecule has 0 unspecified atom stereocenters. The average Bonchev–Trinajstić information content (AvgIpc) is 1.94. The number of rotatable bonds is 7. The van der Waals surface area contributed by atoms with Gasteiger partial charge in [-0.1, -0.05) is 0 Å². The zero-order chi connectivity index (χ0) is 9.45. The molecule has 0 aromatic carbocycles. The van der Waals surface area contributed by atoms with Crippen LogP contribution in [0.15, 0.2) is 0 Å². The third-order valence-corrected chi connectivity index (χ3v) is 3.48. The van der Waals surface area contributed by atoms with Gasteiger partial charge in [-0.2, -0.15) is 11.8 Å². The van der Waals surface area contributed by atoms with E-state index in [0.29, 0.717) is 5.75 Å². The van der Waals surface area contributed by atoms with Crippen LogP contribution in [-0.2, 0) is 9.84 Å². The van der Waals surface area contributed by atoms with Gasteiger partial charge in [0.05, 0.1) is 5.75 Å². The Morgan fingerprint density at radius 1 is 1.25 bits per heavy atom. The summed E-state index contributed by atoms with van der Waals surface area (Å²) < 4.78 is 21.4. The van der Waals surface area contributed by atoms with Crippen LogP contribution in [0.4, 0.5) is 0 Å². The standard InChI is InChI=1S/C7H17NO2S2/c1-12(9,10)7-3-6-11-5-2-4-8/h2-8H2,1H3. The predicted octanol–water partition coefficient (Wildman–Crippen LogP) is 0.503. The molecule has 0 fully saturated rings. The first kappa shape index (κ1) is 12.3. The topological polar surface area (TPSA) is 60.2 Å². The van der Waals surface area contributed by atoms with Crippen molar-refractivity contribution in [2.75, 3.05) is 30.1 Å². The van der Waals surface area contributed by atoms with E-state index < -0.39 is 9.84 Å². The quantitative estimate of drug-likeness (QED) is 0.623. The van der Waals surface area contributed by atoms with Gasteiger partial charge >= 0.3 is 0 Å². The summed E-state index contributed by atoms with van der Waals surface area (Å²) in [7, 11) is -2.75. The van der Waals surface area contributed by atoms with Gasteiger partial charge in [0.25, 0.3) is 0 Å². The minimum atomic E-state index is -2.75. The molecule has 5 heteroatoms. The van der Waals surface area contributed by atoms with Crippen LogP contribution in [-0.4, -0.2) is 38.5 Å². The van der Waals surface area contributed by atoms with E-state index in [-0.39, 0.29) is 0 Å². The van der Waals surface area contributed by atoms with Gasteiger partial charge in [-0.15, -0.1) is 0 Å². The van der Waals surface area contributed by atoms with E-state index in [4.69, 9.17) is 5.73 Å². The third-order valence-electron chi connectivity index (χ3n) is 1.30. The first-order valence-electron chi connectivity index (χ1n) is 4.02. The molecule has 74 valence electrons. The lowest BCUT2D eigenvalue weighted by Gasteiger charge is -1.99. The minimum absolute atomic E-state index is 0.308. The molecule has 3 nitrogen and oxygen atoms in total. The SMILES string of the molecule is CS(=O)(=O)CCCSCCCN. The van der Waals surface area contributed by atoms with Crippen molar-refractivity contribution < 1.29 is 8.42 Å². The third kappa shape index (κ3) is 10.3. The Morgan fingerprint density at radius 2 is 1.83 bits per heavy atom. The lowest BCUT2D eigenvalue weighted by Crippen LogP contribution is -2.04. The van der Waals surface area contributed by atoms with E-state index in [9.17, 15) is 8.42 Å². The summed E-state index contributed by atoms with van der Waals surface area (Å²) in [5.74, 6) is 2.27. The summed E-state index contributed by atoms with van der Waals surface area (Å²) in [6, 6.07) is 0. The summed E-state index contributed by atoms with van der Waals surface area (Å²) in [6.07, 6.45) is 3.05. The molecule has 0 aliphatic rings. The molecule has 0 atom stereocenters. The van der Waals surface area contributed by atoms with E-state index >= 15 is 0 Å². The van der Waals surface area contributed by atoms with Gasteiger partial charge in [0, 0.05) is 6.26 Å². The normalized spacial score (nSPS) is 11.8. The maximum absolute atomic E-state index is 10.7. The Bertz CT molecular complexity index is 190. The minimum Gasteiger partial charge on any atom is -0.330 e. The highest BCUT2D eigenvalue weighted by Gasteiger charge is 2.00. The summed E-state index contributed by atoms with van der Waals surface area (Å²) in [5, 5.41) is 0. The number of sulfone groups is 1. The summed E-state index contributed by atoms with van der Waals surface area (Å²) >= 11 is 1.77. The predicted molar refractivity (Wildman–Crippen MR) is 55.3 cm³/mol. The molecule has 0 saturated heterocycles. The van der Waals surface area contributed by atoms with Crippen LogP contribution in [0.2, 0.25) is 0 Å². The highest BCUT2D eigenvalue weighted by molar-refractivity contribution is 7.99. The average molecular weight is 211 g/mol. The molecule has 2 N–H and O–H groups in total. The zero-order valence-electron chi connectivity index (χ0n) is 7.45. The van der Waals surface area contributed by atoms with E-state index in [1.807, 2.05) is 0 Å². The van der Waals surface area contributed by atoms with Crippen molar-refractivity contribution in [3.8, 4) is 0 Å². The maximum Gasteiger partial charge on any atom is 0.147 e. The number of hydrogen-bond donors (Lipinski definition) is 1. The number of hydrogen-bond acceptors (Lipinski definition) is 4. The van der Waals surface area contributed by atoms with Crippen LogP contribution in [0.5, 0.6) is 0 Å². The fraction of sp³-hybridized carbons (Fsp3) is 1.00. The number of thioether (sulfide) groups is 1. The Hall–Kier alpha value is 0.260. The molecule has 0 aromatic rings. The largest absolute Gasteiger partial charge is 0.330 e. The van der Waals surface area contributed by atoms with Crippen LogP contribution >= 0.6 is 11.8 Å². The first-order chi connectivity index (χ1) is 5.56. The maximum atomic E-state index is 10.7. The van der Waals surface area contributed by atoms with E-state index in [0.717, 1.165) is 30.9 Å². The fourth-order valence-corrected chi connectivity index (χ4v) is 2.49. The fourth-order valence-electron chi connectivity index (χ4n) is 0.711. The van der Waals surface area contributed by atoms with Gasteiger partial charge in [-0.25, -0.2) is 8.42 Å². The smallest absolute Gasteiger partial charge is 0.147 e. The second-order valence-corrected chi connectivity index (χ2v) is 6.22. The summed E-state index contributed by atoms with van der Waals surface area (Å²) in [5.41, 5.74) is 5.30. The van der Waals surface area contributed by atoms with Gasteiger partial charge < -0.3 is 5.73 Å². The highest BCUT2D eigenvalue weighted by atomic mass is 32.2. The van der Waals surface area contributed by atoms with E-state index in [1.165, 1.54) is 6.26 Å². The van der Waals surface area contributed by atoms with Crippen LogP contribution in [0.1, 0.15) is 12.8 Å². The van der Waals surface area contributed by atoms with Gasteiger partial charge in [0.2, 0.25) is 0 Å². The van der Waals surface area contributed by atoms with E-state index in [1.54, 1.807) is 11.8 Å². The second kappa shape index (κ2) is 6.74. The Morgan fingerprint density at radius 3 is 2.33 bits per heavy atom. The molecule has 0 heterocycles. The van der Waals surface area contributed by atoms with Crippen molar-refractivity contribution in [3.63, 3.8) is 0 Å². The monoisotopic (exact) mass is 211 g/mol. The molecule has 0 aromatic heterocycles. The molecule has 0 saturated carbocycles. The van der Waals surface area contributed by atoms with Crippen molar-refractivity contribution in [2.24, 2.45) is 5.73 Å². The van der Waals surface area contributed by atoms with Crippen molar-refractivity contribution >= 4 is 21.6 Å². The first-order valence-corrected chi connectivity index (χ1v) is 7.23. The molecule has 12 heavy (non-hydrogen) atoms. The summed E-state index contributed by atoms with van der Waals surface area (Å²) in [6.45, 7) is 0.721. The molecule has 0 aliphatic heterocycles. The zero-order valence-corrected chi connectivity index (χ0v) is 9.09. The molecule has 0 amide bonds. The Balaban J connectivity index is 3.12. The highest BCUT2D eigenvalue weighted by Crippen LogP contribution is 2.04. The Labute approximate surface area is 79.0 Å². The second-order valence-electron chi connectivity index (χ2n) is 2.74. The number of nitrogens with two attached hydrogens (primary N) is 1. The lowest BCUT2D eigenvalue weighted by molar-refractivity contribution is 0.600. The molecule has 0 rings (SSSR count). The van der Waals surface area contributed by atoms with Gasteiger partial charge in [-0.3, -0.25) is 0 Å². The van der Waals surface area contributed by atoms with Gasteiger partial charge in [0.1, 0.15) is 9.84 Å². The van der Waals surface area contributed by atoms with E-state index in [2.05, 4.69) is 0 Å². The van der Waals surface area contributed by atoms with Crippen LogP contribution in [0.3, 0.4) is 0 Å². The van der Waals surface area contributed by atoms with Crippen LogP contribution < -0.4 is 5.73 Å². The van der Waals surface area contributed by atoms with Crippen LogP contribution in [0, 0.1) is 0 Å². The molecule has 0 spiro atoms.